The number of aryl methyl sites for hydroxylation is 1. The number of likely N-dealkylation sites (N-methyl/N-ethyl adjacent to an activating group) is 1. The van der Waals surface area contributed by atoms with Crippen LogP contribution in [0.1, 0.15) is 39.1 Å². The van der Waals surface area contributed by atoms with E-state index < -0.39 is 0 Å². The van der Waals surface area contributed by atoms with Crippen molar-refractivity contribution in [3.8, 4) is 0 Å². The van der Waals surface area contributed by atoms with Crippen molar-refractivity contribution >= 4 is 0 Å². The molecule has 0 spiro atoms. The fraction of sp³-hybridized carbons (Fsp3) is 0.769. The normalized spacial score (nSPS) is 15.2. The van der Waals surface area contributed by atoms with Gasteiger partial charge in [-0.15, -0.1) is 0 Å². The van der Waals surface area contributed by atoms with Gasteiger partial charge in [-0.05, 0) is 27.3 Å². The monoisotopic (exact) mass is 238 g/mol. The third kappa shape index (κ3) is 4.13. The van der Waals surface area contributed by atoms with Gasteiger partial charge in [-0.25, -0.2) is 4.98 Å². The molecule has 0 amide bonds. The lowest BCUT2D eigenvalue weighted by molar-refractivity contribution is 0.248. The van der Waals surface area contributed by atoms with E-state index in [4.69, 9.17) is 0 Å². The average Bonchev–Trinajstić information content (AvgIpc) is 2.74. The molecule has 0 radical (unpaired) electrons. The molecule has 0 aliphatic heterocycles. The summed E-state index contributed by atoms with van der Waals surface area (Å²) in [5, 5.41) is 3.51. The molecule has 1 heterocycles. The van der Waals surface area contributed by atoms with E-state index in [9.17, 15) is 0 Å². The van der Waals surface area contributed by atoms with Crippen LogP contribution < -0.4 is 5.32 Å². The van der Waals surface area contributed by atoms with Gasteiger partial charge in [-0.1, -0.05) is 6.92 Å². The van der Waals surface area contributed by atoms with Gasteiger partial charge in [0.2, 0.25) is 0 Å². The third-order valence-electron chi connectivity index (χ3n) is 3.50. The molecule has 0 bridgehead atoms. The molecule has 0 aliphatic carbocycles. The third-order valence-corrected chi connectivity index (χ3v) is 3.50. The number of nitrogens with one attached hydrogen (secondary N) is 1. The fourth-order valence-corrected chi connectivity index (χ4v) is 1.88. The second-order valence-corrected chi connectivity index (χ2v) is 4.81. The van der Waals surface area contributed by atoms with Gasteiger partial charge in [-0.3, -0.25) is 0 Å². The van der Waals surface area contributed by atoms with Gasteiger partial charge in [0, 0.05) is 38.6 Å². The standard InChI is InChI=1S/C13H26N4/c1-6-11(2)16(4)9-7-14-12(3)13-15-8-10-17(13)5/h8,10-12,14H,6-7,9H2,1-5H3. The Bertz CT molecular complexity index is 321. The molecular formula is C13H26N4. The van der Waals surface area contributed by atoms with Crippen molar-refractivity contribution in [2.45, 2.75) is 39.3 Å². The number of hydrogen-bond donors (Lipinski definition) is 1. The predicted molar refractivity (Wildman–Crippen MR) is 72.0 cm³/mol. The van der Waals surface area contributed by atoms with Crippen molar-refractivity contribution in [1.82, 2.24) is 19.8 Å². The van der Waals surface area contributed by atoms with Crippen LogP contribution in [0.2, 0.25) is 0 Å². The summed E-state index contributed by atoms with van der Waals surface area (Å²) in [5.74, 6) is 1.09. The van der Waals surface area contributed by atoms with Crippen LogP contribution in [0.3, 0.4) is 0 Å². The minimum absolute atomic E-state index is 0.306. The van der Waals surface area contributed by atoms with Crippen molar-refractivity contribution in [1.29, 1.82) is 0 Å². The van der Waals surface area contributed by atoms with Crippen LogP contribution in [0.15, 0.2) is 12.4 Å². The molecule has 1 rings (SSSR count). The van der Waals surface area contributed by atoms with Gasteiger partial charge in [0.05, 0.1) is 6.04 Å². The van der Waals surface area contributed by atoms with Gasteiger partial charge in [0.25, 0.3) is 0 Å². The molecule has 4 nitrogen and oxygen atoms in total. The summed E-state index contributed by atoms with van der Waals surface area (Å²) >= 11 is 0. The quantitative estimate of drug-likeness (QED) is 0.786. The summed E-state index contributed by atoms with van der Waals surface area (Å²) in [6.07, 6.45) is 5.03. The molecule has 1 N–H and O–H groups in total. The first kappa shape index (κ1) is 14.2. The maximum absolute atomic E-state index is 4.35. The second kappa shape index (κ2) is 6.77. The highest BCUT2D eigenvalue weighted by Crippen LogP contribution is 2.07. The minimum atomic E-state index is 0.306. The highest BCUT2D eigenvalue weighted by molar-refractivity contribution is 4.96. The maximum Gasteiger partial charge on any atom is 0.125 e. The first-order chi connectivity index (χ1) is 8.06. The molecule has 0 saturated heterocycles. The van der Waals surface area contributed by atoms with Gasteiger partial charge in [0.15, 0.2) is 0 Å². The molecule has 0 aromatic carbocycles. The Morgan fingerprint density at radius 3 is 2.71 bits per heavy atom. The van der Waals surface area contributed by atoms with Gasteiger partial charge in [0.1, 0.15) is 5.82 Å². The summed E-state index contributed by atoms with van der Waals surface area (Å²) < 4.78 is 2.07. The molecule has 4 heteroatoms. The predicted octanol–water partition coefficient (Wildman–Crippen LogP) is 1.80. The van der Waals surface area contributed by atoms with Crippen LogP contribution in [0.5, 0.6) is 0 Å². The van der Waals surface area contributed by atoms with Crippen molar-refractivity contribution in [3.63, 3.8) is 0 Å². The SMILES string of the molecule is CCC(C)N(C)CCNC(C)c1nccn1C. The van der Waals surface area contributed by atoms with Gasteiger partial charge < -0.3 is 14.8 Å². The van der Waals surface area contributed by atoms with Crippen LogP contribution in [0.4, 0.5) is 0 Å². The summed E-state index contributed by atoms with van der Waals surface area (Å²) in [6.45, 7) is 8.72. The summed E-state index contributed by atoms with van der Waals surface area (Å²) in [7, 11) is 4.22. The van der Waals surface area contributed by atoms with E-state index in [1.807, 2.05) is 19.4 Å². The number of hydrogen-bond acceptors (Lipinski definition) is 3. The van der Waals surface area contributed by atoms with E-state index in [1.54, 1.807) is 0 Å². The molecule has 1 aromatic rings. The Kier molecular flexibility index (Phi) is 5.65. The average molecular weight is 238 g/mol. The van der Waals surface area contributed by atoms with Crippen molar-refractivity contribution in [2.24, 2.45) is 7.05 Å². The first-order valence-electron chi connectivity index (χ1n) is 6.47. The zero-order valence-corrected chi connectivity index (χ0v) is 11.8. The lowest BCUT2D eigenvalue weighted by Gasteiger charge is -2.24. The van der Waals surface area contributed by atoms with Crippen molar-refractivity contribution in [2.75, 3.05) is 20.1 Å². The van der Waals surface area contributed by atoms with Crippen molar-refractivity contribution in [3.05, 3.63) is 18.2 Å². The Morgan fingerprint density at radius 2 is 2.18 bits per heavy atom. The molecule has 0 fully saturated rings. The summed E-state index contributed by atoms with van der Waals surface area (Å²) in [4.78, 5) is 6.74. The van der Waals surface area contributed by atoms with Gasteiger partial charge in [-0.2, -0.15) is 0 Å². The summed E-state index contributed by atoms with van der Waals surface area (Å²) in [6, 6.07) is 0.959. The largest absolute Gasteiger partial charge is 0.337 e. The second-order valence-electron chi connectivity index (χ2n) is 4.81. The van der Waals surface area contributed by atoms with E-state index in [2.05, 4.69) is 47.6 Å². The number of imidazole rings is 1. The smallest absolute Gasteiger partial charge is 0.125 e. The first-order valence-corrected chi connectivity index (χ1v) is 6.47. The van der Waals surface area contributed by atoms with Crippen LogP contribution in [-0.4, -0.2) is 40.6 Å². The molecule has 1 aromatic heterocycles. The molecule has 17 heavy (non-hydrogen) atoms. The van der Waals surface area contributed by atoms with Gasteiger partial charge >= 0.3 is 0 Å². The molecule has 2 atom stereocenters. The number of aromatic nitrogens is 2. The van der Waals surface area contributed by atoms with Crippen molar-refractivity contribution < 1.29 is 0 Å². The van der Waals surface area contributed by atoms with E-state index >= 15 is 0 Å². The Hall–Kier alpha value is -0.870. The number of rotatable bonds is 7. The van der Waals surface area contributed by atoms with E-state index in [0.29, 0.717) is 12.1 Å². The molecule has 2 unspecified atom stereocenters. The maximum atomic E-state index is 4.35. The molecule has 0 aliphatic rings. The Balaban J connectivity index is 2.30. The zero-order chi connectivity index (χ0) is 12.8. The van der Waals surface area contributed by atoms with E-state index in [-0.39, 0.29) is 0 Å². The lowest BCUT2D eigenvalue weighted by atomic mass is 10.2. The van der Waals surface area contributed by atoms with Crippen LogP contribution >= 0.6 is 0 Å². The Morgan fingerprint density at radius 1 is 1.47 bits per heavy atom. The minimum Gasteiger partial charge on any atom is -0.337 e. The highest BCUT2D eigenvalue weighted by Gasteiger charge is 2.10. The molecule has 98 valence electrons. The van der Waals surface area contributed by atoms with Crippen LogP contribution in [0, 0.1) is 0 Å². The zero-order valence-electron chi connectivity index (χ0n) is 11.8. The Labute approximate surface area is 105 Å². The van der Waals surface area contributed by atoms with E-state index in [1.165, 1.54) is 6.42 Å². The lowest BCUT2D eigenvalue weighted by Crippen LogP contribution is -2.36. The topological polar surface area (TPSA) is 33.1 Å². The number of nitrogens with zero attached hydrogens (tertiary/aromatic N) is 3. The van der Waals surface area contributed by atoms with Crippen LogP contribution in [0.25, 0.3) is 0 Å². The molecular weight excluding hydrogens is 212 g/mol. The molecule has 0 saturated carbocycles. The summed E-state index contributed by atoms with van der Waals surface area (Å²) in [5.41, 5.74) is 0. The highest BCUT2D eigenvalue weighted by atomic mass is 15.1. The van der Waals surface area contributed by atoms with Crippen LogP contribution in [-0.2, 0) is 7.05 Å². The fourth-order valence-electron chi connectivity index (χ4n) is 1.88. The van der Waals surface area contributed by atoms with E-state index in [0.717, 1.165) is 18.9 Å².